The zero-order valence-corrected chi connectivity index (χ0v) is 16.4. The first-order chi connectivity index (χ1) is 13.5. The number of ether oxygens (including phenoxy) is 3. The van der Waals surface area contributed by atoms with E-state index in [0.29, 0.717) is 22.9 Å². The van der Waals surface area contributed by atoms with Crippen LogP contribution in [-0.4, -0.2) is 51.6 Å². The molecule has 2 rings (SSSR count). The van der Waals surface area contributed by atoms with Crippen LogP contribution in [0.15, 0.2) is 48.5 Å². The molecule has 0 saturated heterocycles. The fourth-order valence-electron chi connectivity index (χ4n) is 2.45. The molecule has 0 aliphatic rings. The van der Waals surface area contributed by atoms with Gasteiger partial charge in [-0.15, -0.1) is 0 Å². The second kappa shape index (κ2) is 10.0. The van der Waals surface area contributed by atoms with Crippen LogP contribution < -0.4 is 19.5 Å². The van der Waals surface area contributed by atoms with E-state index in [0.717, 1.165) is 5.56 Å². The monoisotopic (exact) mass is 384 g/mol. The quantitative estimate of drug-likeness (QED) is 0.708. The molecular formula is C21H24N2O5. The molecule has 0 aromatic heterocycles. The highest BCUT2D eigenvalue weighted by Gasteiger charge is 2.11. The van der Waals surface area contributed by atoms with Crippen molar-refractivity contribution in [1.29, 1.82) is 0 Å². The molecule has 0 saturated carbocycles. The standard InChI is InChI=1S/C21H24N2O5/c1-23(14-20(24)22-16-6-5-7-17(13-16)26-2)21(25)11-9-15-8-10-18(27-3)19(12-15)28-4/h5-13H,14H2,1-4H3,(H,22,24)/b11-9+. The molecule has 0 aliphatic heterocycles. The molecular weight excluding hydrogens is 360 g/mol. The molecule has 0 unspecified atom stereocenters. The minimum atomic E-state index is -0.302. The molecule has 0 aliphatic carbocycles. The lowest BCUT2D eigenvalue weighted by Gasteiger charge is -2.15. The van der Waals surface area contributed by atoms with Gasteiger partial charge in [-0.05, 0) is 35.9 Å². The van der Waals surface area contributed by atoms with E-state index >= 15 is 0 Å². The summed E-state index contributed by atoms with van der Waals surface area (Å²) in [4.78, 5) is 25.7. The van der Waals surface area contributed by atoms with Crippen molar-refractivity contribution in [3.05, 3.63) is 54.1 Å². The number of likely N-dealkylation sites (N-methyl/N-ethyl adjacent to an activating group) is 1. The Kier molecular flexibility index (Phi) is 7.45. The molecule has 0 bridgehead atoms. The largest absolute Gasteiger partial charge is 0.497 e. The van der Waals surface area contributed by atoms with Crippen LogP contribution in [0.25, 0.3) is 6.08 Å². The number of carbonyl (C=O) groups is 2. The summed E-state index contributed by atoms with van der Waals surface area (Å²) in [5.41, 5.74) is 1.38. The van der Waals surface area contributed by atoms with Gasteiger partial charge in [0.05, 0.1) is 27.9 Å². The van der Waals surface area contributed by atoms with Crippen LogP contribution >= 0.6 is 0 Å². The molecule has 1 N–H and O–H groups in total. The van der Waals surface area contributed by atoms with Crippen molar-refractivity contribution in [1.82, 2.24) is 4.90 Å². The number of anilines is 1. The van der Waals surface area contributed by atoms with Gasteiger partial charge in [0.15, 0.2) is 11.5 Å². The molecule has 0 heterocycles. The predicted octanol–water partition coefficient (Wildman–Crippen LogP) is 2.82. The number of nitrogens with zero attached hydrogens (tertiary/aromatic N) is 1. The van der Waals surface area contributed by atoms with E-state index in [1.807, 2.05) is 0 Å². The summed E-state index contributed by atoms with van der Waals surface area (Å²) in [5.74, 6) is 1.22. The Morgan fingerprint density at radius 2 is 1.75 bits per heavy atom. The Morgan fingerprint density at radius 3 is 2.43 bits per heavy atom. The molecule has 0 fully saturated rings. The zero-order valence-electron chi connectivity index (χ0n) is 16.4. The number of nitrogens with one attached hydrogen (secondary N) is 1. The minimum absolute atomic E-state index is 0.0771. The van der Waals surface area contributed by atoms with Crippen molar-refractivity contribution >= 4 is 23.6 Å². The molecule has 7 nitrogen and oxygen atoms in total. The van der Waals surface area contributed by atoms with Gasteiger partial charge in [0.2, 0.25) is 11.8 Å². The van der Waals surface area contributed by atoms with Crippen LogP contribution in [-0.2, 0) is 9.59 Å². The molecule has 0 radical (unpaired) electrons. The molecule has 0 atom stereocenters. The molecule has 2 aromatic rings. The van der Waals surface area contributed by atoms with Gasteiger partial charge in [-0.3, -0.25) is 9.59 Å². The summed E-state index contributed by atoms with van der Waals surface area (Å²) in [6.45, 7) is -0.0771. The number of rotatable bonds is 8. The fourth-order valence-corrected chi connectivity index (χ4v) is 2.45. The smallest absolute Gasteiger partial charge is 0.246 e. The lowest BCUT2D eigenvalue weighted by atomic mass is 10.2. The Hall–Kier alpha value is -3.48. The van der Waals surface area contributed by atoms with Crippen molar-refractivity contribution < 1.29 is 23.8 Å². The van der Waals surface area contributed by atoms with E-state index in [2.05, 4.69) is 5.32 Å². The molecule has 7 heteroatoms. The number of carbonyl (C=O) groups excluding carboxylic acids is 2. The third-order valence-electron chi connectivity index (χ3n) is 3.94. The third-order valence-corrected chi connectivity index (χ3v) is 3.94. The summed E-state index contributed by atoms with van der Waals surface area (Å²) in [6.07, 6.45) is 3.06. The Morgan fingerprint density at radius 1 is 1.00 bits per heavy atom. The number of hydrogen-bond donors (Lipinski definition) is 1. The van der Waals surface area contributed by atoms with Gasteiger partial charge in [-0.1, -0.05) is 12.1 Å². The number of hydrogen-bond acceptors (Lipinski definition) is 5. The van der Waals surface area contributed by atoms with E-state index < -0.39 is 0 Å². The predicted molar refractivity (Wildman–Crippen MR) is 108 cm³/mol. The first-order valence-corrected chi connectivity index (χ1v) is 8.56. The molecule has 148 valence electrons. The lowest BCUT2D eigenvalue weighted by Crippen LogP contribution is -2.33. The summed E-state index contributed by atoms with van der Waals surface area (Å²) < 4.78 is 15.5. The Bertz CT molecular complexity index is 864. The first kappa shape index (κ1) is 20.8. The van der Waals surface area contributed by atoms with Gasteiger partial charge in [0.25, 0.3) is 0 Å². The van der Waals surface area contributed by atoms with Crippen molar-refractivity contribution in [2.75, 3.05) is 40.2 Å². The summed E-state index contributed by atoms with van der Waals surface area (Å²) >= 11 is 0. The van der Waals surface area contributed by atoms with Crippen molar-refractivity contribution in [2.24, 2.45) is 0 Å². The second-order valence-electron chi connectivity index (χ2n) is 5.92. The summed E-state index contributed by atoms with van der Waals surface area (Å²) in [7, 11) is 6.22. The van der Waals surface area contributed by atoms with E-state index in [4.69, 9.17) is 14.2 Å². The number of amides is 2. The van der Waals surface area contributed by atoms with Gasteiger partial charge >= 0.3 is 0 Å². The van der Waals surface area contributed by atoms with Gasteiger partial charge in [0.1, 0.15) is 5.75 Å². The average molecular weight is 384 g/mol. The van der Waals surface area contributed by atoms with E-state index in [1.165, 1.54) is 11.0 Å². The van der Waals surface area contributed by atoms with E-state index in [1.54, 1.807) is 76.9 Å². The molecule has 0 spiro atoms. The van der Waals surface area contributed by atoms with Gasteiger partial charge in [-0.25, -0.2) is 0 Å². The Balaban J connectivity index is 1.94. The van der Waals surface area contributed by atoms with Gasteiger partial charge in [0, 0.05) is 24.9 Å². The van der Waals surface area contributed by atoms with Crippen molar-refractivity contribution in [3.63, 3.8) is 0 Å². The van der Waals surface area contributed by atoms with Crippen molar-refractivity contribution in [2.45, 2.75) is 0 Å². The van der Waals surface area contributed by atoms with Crippen LogP contribution in [0.1, 0.15) is 5.56 Å². The van der Waals surface area contributed by atoms with Gasteiger partial charge in [-0.2, -0.15) is 0 Å². The average Bonchev–Trinajstić information content (AvgIpc) is 2.71. The summed E-state index contributed by atoms with van der Waals surface area (Å²) in [5, 5.41) is 2.74. The number of methoxy groups -OCH3 is 3. The van der Waals surface area contributed by atoms with Crippen LogP contribution in [0, 0.1) is 0 Å². The fraction of sp³-hybridized carbons (Fsp3) is 0.238. The molecule has 2 amide bonds. The van der Waals surface area contributed by atoms with Gasteiger partial charge < -0.3 is 24.4 Å². The maximum atomic E-state index is 12.3. The van der Waals surface area contributed by atoms with Crippen LogP contribution in [0.5, 0.6) is 17.2 Å². The normalized spacial score (nSPS) is 10.4. The minimum Gasteiger partial charge on any atom is -0.497 e. The highest BCUT2D eigenvalue weighted by molar-refractivity contribution is 5.98. The third kappa shape index (κ3) is 5.77. The molecule has 28 heavy (non-hydrogen) atoms. The SMILES string of the molecule is COc1cccc(NC(=O)CN(C)C(=O)/C=C/c2ccc(OC)c(OC)c2)c1. The highest BCUT2D eigenvalue weighted by Crippen LogP contribution is 2.28. The zero-order chi connectivity index (χ0) is 20.5. The van der Waals surface area contributed by atoms with Crippen LogP contribution in [0.2, 0.25) is 0 Å². The van der Waals surface area contributed by atoms with E-state index in [9.17, 15) is 9.59 Å². The van der Waals surface area contributed by atoms with Crippen LogP contribution in [0.3, 0.4) is 0 Å². The topological polar surface area (TPSA) is 77.1 Å². The highest BCUT2D eigenvalue weighted by atomic mass is 16.5. The Labute approximate surface area is 164 Å². The second-order valence-corrected chi connectivity index (χ2v) is 5.92. The first-order valence-electron chi connectivity index (χ1n) is 8.56. The summed E-state index contributed by atoms with van der Waals surface area (Å²) in [6, 6.07) is 12.3. The van der Waals surface area contributed by atoms with E-state index in [-0.39, 0.29) is 18.4 Å². The number of benzene rings is 2. The maximum Gasteiger partial charge on any atom is 0.246 e. The molecule has 2 aromatic carbocycles. The maximum absolute atomic E-state index is 12.3. The van der Waals surface area contributed by atoms with Crippen LogP contribution in [0.4, 0.5) is 5.69 Å². The van der Waals surface area contributed by atoms with Crippen molar-refractivity contribution in [3.8, 4) is 17.2 Å². The lowest BCUT2D eigenvalue weighted by molar-refractivity contribution is -0.129.